The fourth-order valence-corrected chi connectivity index (χ4v) is 4.69. The molecule has 0 atom stereocenters. The van der Waals surface area contributed by atoms with Crippen LogP contribution in [-0.4, -0.2) is 39.0 Å². The van der Waals surface area contributed by atoms with Gasteiger partial charge in [-0.2, -0.15) is 0 Å². The Balaban J connectivity index is 1.57. The molecule has 1 aliphatic heterocycles. The number of amides is 2. The van der Waals surface area contributed by atoms with E-state index in [-0.39, 0.29) is 23.1 Å². The molecule has 0 unspecified atom stereocenters. The molecule has 0 spiro atoms. The molecule has 1 saturated heterocycles. The van der Waals surface area contributed by atoms with E-state index in [0.29, 0.717) is 34.8 Å². The molecule has 1 aliphatic rings. The van der Waals surface area contributed by atoms with Crippen molar-refractivity contribution in [2.45, 2.75) is 18.0 Å². The monoisotopic (exact) mass is 385 g/mol. The van der Waals surface area contributed by atoms with E-state index < -0.39 is 0 Å². The molecule has 0 radical (unpaired) electrons. The zero-order chi connectivity index (χ0) is 18.1. The van der Waals surface area contributed by atoms with Gasteiger partial charge in [0.15, 0.2) is 5.16 Å². The first kappa shape index (κ1) is 17.0. The van der Waals surface area contributed by atoms with Crippen LogP contribution in [0.2, 0.25) is 0 Å². The normalized spacial score (nSPS) is 14.3. The lowest BCUT2D eigenvalue weighted by molar-refractivity contribution is -0.140. The predicted octanol–water partition coefficient (Wildman–Crippen LogP) is 2.89. The molecule has 1 N–H and O–H groups in total. The number of aromatic nitrogens is 2. The van der Waals surface area contributed by atoms with Gasteiger partial charge < -0.3 is 4.98 Å². The molecule has 0 saturated carbocycles. The van der Waals surface area contributed by atoms with Crippen LogP contribution in [0.15, 0.2) is 45.7 Å². The SMILES string of the molecule is O=C1CCCN1C(=O)CSc1nc2scc(-c3ccccc3)c2c(=O)[nH]1. The number of thioether (sulfide) groups is 1. The van der Waals surface area contributed by atoms with Crippen molar-refractivity contribution in [1.29, 1.82) is 0 Å². The largest absolute Gasteiger partial charge is 0.301 e. The van der Waals surface area contributed by atoms with Gasteiger partial charge in [0.1, 0.15) is 4.83 Å². The number of hydrogen-bond donors (Lipinski definition) is 1. The summed E-state index contributed by atoms with van der Waals surface area (Å²) < 4.78 is 0. The molecule has 8 heteroatoms. The number of fused-ring (bicyclic) bond motifs is 1. The molecule has 4 rings (SSSR count). The van der Waals surface area contributed by atoms with E-state index in [9.17, 15) is 14.4 Å². The number of aromatic amines is 1. The molecule has 26 heavy (non-hydrogen) atoms. The van der Waals surface area contributed by atoms with Gasteiger partial charge in [-0.15, -0.1) is 11.3 Å². The van der Waals surface area contributed by atoms with Gasteiger partial charge in [-0.1, -0.05) is 42.1 Å². The first-order valence-electron chi connectivity index (χ1n) is 8.16. The average Bonchev–Trinajstić information content (AvgIpc) is 3.27. The second kappa shape index (κ2) is 7.05. The van der Waals surface area contributed by atoms with Gasteiger partial charge in [-0.3, -0.25) is 19.3 Å². The summed E-state index contributed by atoms with van der Waals surface area (Å²) >= 11 is 2.55. The third-order valence-electron chi connectivity index (χ3n) is 4.21. The minimum Gasteiger partial charge on any atom is -0.301 e. The highest BCUT2D eigenvalue weighted by atomic mass is 32.2. The third-order valence-corrected chi connectivity index (χ3v) is 5.94. The maximum atomic E-state index is 12.6. The molecule has 3 aromatic rings. The van der Waals surface area contributed by atoms with Crippen LogP contribution in [0.1, 0.15) is 12.8 Å². The average molecular weight is 385 g/mol. The highest BCUT2D eigenvalue weighted by Gasteiger charge is 2.26. The Hall–Kier alpha value is -2.45. The van der Waals surface area contributed by atoms with Crippen molar-refractivity contribution in [2.75, 3.05) is 12.3 Å². The Kier molecular flexibility index (Phi) is 4.60. The number of imide groups is 1. The van der Waals surface area contributed by atoms with Crippen LogP contribution in [0.5, 0.6) is 0 Å². The van der Waals surface area contributed by atoms with Crippen LogP contribution in [0.4, 0.5) is 0 Å². The standard InChI is InChI=1S/C18H15N3O3S2/c22-13-7-4-8-21(13)14(23)10-26-18-19-16(24)15-12(9-25-17(15)20-18)11-5-2-1-3-6-11/h1-3,5-6,9H,4,7-8,10H2,(H,19,20,24). The molecule has 2 amide bonds. The van der Waals surface area contributed by atoms with Crippen LogP contribution in [0.25, 0.3) is 21.3 Å². The highest BCUT2D eigenvalue weighted by molar-refractivity contribution is 7.99. The minimum atomic E-state index is -0.239. The first-order chi connectivity index (χ1) is 12.6. The summed E-state index contributed by atoms with van der Waals surface area (Å²) in [5, 5.41) is 2.88. The molecule has 1 fully saturated rings. The van der Waals surface area contributed by atoms with E-state index in [0.717, 1.165) is 22.9 Å². The van der Waals surface area contributed by atoms with Crippen molar-refractivity contribution in [3.05, 3.63) is 46.1 Å². The highest BCUT2D eigenvalue weighted by Crippen LogP contribution is 2.31. The summed E-state index contributed by atoms with van der Waals surface area (Å²) in [5.41, 5.74) is 1.60. The Labute approximate surface area is 157 Å². The van der Waals surface area contributed by atoms with Crippen molar-refractivity contribution < 1.29 is 9.59 Å². The first-order valence-corrected chi connectivity index (χ1v) is 10.0. The van der Waals surface area contributed by atoms with E-state index >= 15 is 0 Å². The molecule has 132 valence electrons. The van der Waals surface area contributed by atoms with Gasteiger partial charge in [-0.05, 0) is 12.0 Å². The molecule has 2 aromatic heterocycles. The van der Waals surface area contributed by atoms with Crippen molar-refractivity contribution >= 4 is 45.1 Å². The van der Waals surface area contributed by atoms with Crippen LogP contribution in [0.3, 0.4) is 0 Å². The summed E-state index contributed by atoms with van der Waals surface area (Å²) in [6.07, 6.45) is 1.14. The summed E-state index contributed by atoms with van der Waals surface area (Å²) in [6.45, 7) is 0.479. The second-order valence-corrected chi connectivity index (χ2v) is 7.72. The van der Waals surface area contributed by atoms with Crippen LogP contribution in [-0.2, 0) is 9.59 Å². The number of nitrogens with one attached hydrogen (secondary N) is 1. The summed E-state index contributed by atoms with van der Waals surface area (Å²) in [7, 11) is 0. The van der Waals surface area contributed by atoms with Gasteiger partial charge >= 0.3 is 0 Å². The lowest BCUT2D eigenvalue weighted by Crippen LogP contribution is -2.33. The molecule has 0 aliphatic carbocycles. The smallest absolute Gasteiger partial charge is 0.260 e. The van der Waals surface area contributed by atoms with E-state index in [1.165, 1.54) is 16.2 Å². The summed E-state index contributed by atoms with van der Waals surface area (Å²) in [4.78, 5) is 45.4. The molecule has 3 heterocycles. The maximum Gasteiger partial charge on any atom is 0.260 e. The molecule has 1 aromatic carbocycles. The van der Waals surface area contributed by atoms with E-state index in [1.807, 2.05) is 35.7 Å². The van der Waals surface area contributed by atoms with Gasteiger partial charge in [-0.25, -0.2) is 4.98 Å². The van der Waals surface area contributed by atoms with Crippen LogP contribution < -0.4 is 5.56 Å². The number of rotatable bonds is 4. The van der Waals surface area contributed by atoms with E-state index in [4.69, 9.17) is 0 Å². The Bertz CT molecular complexity index is 1040. The molecular weight excluding hydrogens is 370 g/mol. The lowest BCUT2D eigenvalue weighted by atomic mass is 10.1. The summed E-state index contributed by atoms with van der Waals surface area (Å²) in [5.74, 6) is -0.286. The zero-order valence-corrected chi connectivity index (χ0v) is 15.4. The number of thiophene rings is 1. The minimum absolute atomic E-state index is 0.0805. The van der Waals surface area contributed by atoms with Crippen LogP contribution >= 0.6 is 23.1 Å². The second-order valence-electron chi connectivity index (χ2n) is 5.90. The van der Waals surface area contributed by atoms with Crippen molar-refractivity contribution in [1.82, 2.24) is 14.9 Å². The quantitative estimate of drug-likeness (QED) is 0.551. The van der Waals surface area contributed by atoms with E-state index in [1.54, 1.807) is 0 Å². The Morgan fingerprint density at radius 3 is 2.81 bits per heavy atom. The fourth-order valence-electron chi connectivity index (χ4n) is 2.95. The lowest BCUT2D eigenvalue weighted by Gasteiger charge is -2.12. The van der Waals surface area contributed by atoms with Crippen molar-refractivity contribution in [2.24, 2.45) is 0 Å². The molecule has 6 nitrogen and oxygen atoms in total. The van der Waals surface area contributed by atoms with Gasteiger partial charge in [0, 0.05) is 23.9 Å². The van der Waals surface area contributed by atoms with Crippen molar-refractivity contribution in [3.63, 3.8) is 0 Å². The Morgan fingerprint density at radius 2 is 2.08 bits per heavy atom. The number of carbonyl (C=O) groups excluding carboxylic acids is 2. The summed E-state index contributed by atoms with van der Waals surface area (Å²) in [6, 6.07) is 9.69. The van der Waals surface area contributed by atoms with Crippen molar-refractivity contribution in [3.8, 4) is 11.1 Å². The number of nitrogens with zero attached hydrogens (tertiary/aromatic N) is 2. The maximum absolute atomic E-state index is 12.6. The van der Waals surface area contributed by atoms with E-state index in [2.05, 4.69) is 9.97 Å². The third kappa shape index (κ3) is 3.17. The number of benzene rings is 1. The van der Waals surface area contributed by atoms with Crippen LogP contribution in [0, 0.1) is 0 Å². The van der Waals surface area contributed by atoms with Gasteiger partial charge in [0.05, 0.1) is 11.1 Å². The predicted molar refractivity (Wildman–Crippen MR) is 102 cm³/mol. The number of carbonyl (C=O) groups is 2. The number of hydrogen-bond acceptors (Lipinski definition) is 6. The topological polar surface area (TPSA) is 83.1 Å². The van der Waals surface area contributed by atoms with Gasteiger partial charge in [0.25, 0.3) is 5.56 Å². The fraction of sp³-hybridized carbons (Fsp3) is 0.222. The van der Waals surface area contributed by atoms with Gasteiger partial charge in [0.2, 0.25) is 11.8 Å². The molecular formula is C18H15N3O3S2. The zero-order valence-electron chi connectivity index (χ0n) is 13.7. The number of likely N-dealkylation sites (tertiary alicyclic amines) is 1. The molecule has 0 bridgehead atoms. The number of H-pyrrole nitrogens is 1. The Morgan fingerprint density at radius 1 is 1.27 bits per heavy atom.